The number of rotatable bonds is 5. The molecule has 2 aromatic heterocycles. The Morgan fingerprint density at radius 3 is 3.18 bits per heavy atom. The van der Waals surface area contributed by atoms with Gasteiger partial charge in [0.1, 0.15) is 5.82 Å². The summed E-state index contributed by atoms with van der Waals surface area (Å²) >= 11 is 1.73. The van der Waals surface area contributed by atoms with Crippen molar-refractivity contribution >= 4 is 23.1 Å². The van der Waals surface area contributed by atoms with E-state index in [1.807, 2.05) is 6.07 Å². The molecule has 0 radical (unpaired) electrons. The predicted octanol–water partition coefficient (Wildman–Crippen LogP) is 2.11. The van der Waals surface area contributed by atoms with Gasteiger partial charge in [-0.3, -0.25) is 9.78 Å². The highest BCUT2D eigenvalue weighted by Crippen LogP contribution is 2.21. The van der Waals surface area contributed by atoms with Crippen molar-refractivity contribution in [3.63, 3.8) is 0 Å². The van der Waals surface area contributed by atoms with E-state index < -0.39 is 0 Å². The first-order valence-electron chi connectivity index (χ1n) is 7.64. The molecule has 0 aliphatic carbocycles. The van der Waals surface area contributed by atoms with Gasteiger partial charge in [0.25, 0.3) is 0 Å². The molecule has 1 N–H and O–H groups in total. The Labute approximate surface area is 134 Å². The van der Waals surface area contributed by atoms with Gasteiger partial charge >= 0.3 is 0 Å². The molecule has 1 atom stereocenters. The van der Waals surface area contributed by atoms with Crippen LogP contribution in [0.1, 0.15) is 17.7 Å². The summed E-state index contributed by atoms with van der Waals surface area (Å²) in [5.41, 5.74) is 0. The molecule has 6 heteroatoms. The van der Waals surface area contributed by atoms with Crippen LogP contribution in [0.5, 0.6) is 0 Å². The smallest absolute Gasteiger partial charge is 0.224 e. The molecule has 0 saturated carbocycles. The number of thiophene rings is 1. The van der Waals surface area contributed by atoms with Gasteiger partial charge in [0, 0.05) is 36.9 Å². The lowest BCUT2D eigenvalue weighted by Gasteiger charge is -2.32. The van der Waals surface area contributed by atoms with E-state index in [2.05, 4.69) is 31.6 Å². The Bertz CT molecular complexity index is 587. The monoisotopic (exact) mass is 316 g/mol. The fourth-order valence-electron chi connectivity index (χ4n) is 2.76. The highest BCUT2D eigenvalue weighted by Gasteiger charge is 2.26. The van der Waals surface area contributed by atoms with Crippen LogP contribution >= 0.6 is 11.3 Å². The molecule has 1 amide bonds. The van der Waals surface area contributed by atoms with Crippen molar-refractivity contribution in [3.8, 4) is 0 Å². The predicted molar refractivity (Wildman–Crippen MR) is 88.0 cm³/mol. The molecular formula is C16H20N4OS. The Hall–Kier alpha value is -1.95. The maximum Gasteiger partial charge on any atom is 0.224 e. The zero-order valence-electron chi connectivity index (χ0n) is 12.4. The van der Waals surface area contributed by atoms with Crippen LogP contribution in [-0.4, -0.2) is 35.5 Å². The number of hydrogen-bond donors (Lipinski definition) is 1. The Balaban J connectivity index is 1.49. The van der Waals surface area contributed by atoms with Gasteiger partial charge in [-0.2, -0.15) is 0 Å². The molecule has 0 bridgehead atoms. The zero-order chi connectivity index (χ0) is 15.2. The molecule has 1 fully saturated rings. The summed E-state index contributed by atoms with van der Waals surface area (Å²) in [6.45, 7) is 2.38. The molecule has 0 aromatic carbocycles. The van der Waals surface area contributed by atoms with Gasteiger partial charge in [-0.05, 0) is 30.7 Å². The quantitative estimate of drug-likeness (QED) is 0.918. The number of nitrogens with zero attached hydrogens (tertiary/aromatic N) is 3. The molecule has 0 unspecified atom stereocenters. The number of carbonyl (C=O) groups excluding carboxylic acids is 1. The second-order valence-corrected chi connectivity index (χ2v) is 6.50. The van der Waals surface area contributed by atoms with Crippen molar-refractivity contribution < 1.29 is 4.79 Å². The molecule has 2 aromatic rings. The highest BCUT2D eigenvalue weighted by molar-refractivity contribution is 7.09. The molecular weight excluding hydrogens is 296 g/mol. The lowest BCUT2D eigenvalue weighted by Crippen LogP contribution is -2.43. The van der Waals surface area contributed by atoms with Crippen LogP contribution in [0, 0.1) is 5.92 Å². The summed E-state index contributed by atoms with van der Waals surface area (Å²) < 4.78 is 0. The van der Waals surface area contributed by atoms with E-state index in [1.165, 1.54) is 4.88 Å². The lowest BCUT2D eigenvalue weighted by molar-refractivity contribution is -0.125. The first-order chi connectivity index (χ1) is 10.8. The van der Waals surface area contributed by atoms with Crippen LogP contribution in [0.3, 0.4) is 0 Å². The molecule has 5 nitrogen and oxygen atoms in total. The Kier molecular flexibility index (Phi) is 5.00. The Morgan fingerprint density at radius 1 is 1.45 bits per heavy atom. The number of aromatic nitrogens is 2. The first-order valence-corrected chi connectivity index (χ1v) is 8.52. The molecule has 0 spiro atoms. The minimum absolute atomic E-state index is 0.0408. The third kappa shape index (κ3) is 3.82. The third-order valence-electron chi connectivity index (χ3n) is 3.92. The van der Waals surface area contributed by atoms with E-state index in [9.17, 15) is 4.79 Å². The van der Waals surface area contributed by atoms with Gasteiger partial charge in [0.05, 0.1) is 12.1 Å². The van der Waals surface area contributed by atoms with Crippen LogP contribution in [0.2, 0.25) is 0 Å². The molecule has 1 aliphatic rings. The van der Waals surface area contributed by atoms with Gasteiger partial charge < -0.3 is 10.2 Å². The number of piperidine rings is 1. The number of hydrogen-bond acceptors (Lipinski definition) is 5. The van der Waals surface area contributed by atoms with Crippen molar-refractivity contribution in [1.29, 1.82) is 0 Å². The maximum absolute atomic E-state index is 12.3. The maximum atomic E-state index is 12.3. The summed E-state index contributed by atoms with van der Waals surface area (Å²) in [5.74, 6) is 1.06. The normalized spacial score (nSPS) is 18.2. The fraction of sp³-hybridized carbons (Fsp3) is 0.438. The minimum Gasteiger partial charge on any atom is -0.355 e. The van der Waals surface area contributed by atoms with Gasteiger partial charge in [-0.25, -0.2) is 4.98 Å². The molecule has 1 saturated heterocycles. The number of anilines is 1. The first kappa shape index (κ1) is 15.0. The summed E-state index contributed by atoms with van der Waals surface area (Å²) in [5, 5.41) is 5.13. The van der Waals surface area contributed by atoms with Crippen molar-refractivity contribution in [2.45, 2.75) is 19.3 Å². The SMILES string of the molecule is O=C(NCCc1cccs1)[C@H]1CCCN(c2cnccn2)C1. The number of amides is 1. The van der Waals surface area contributed by atoms with Crippen LogP contribution in [-0.2, 0) is 11.2 Å². The summed E-state index contributed by atoms with van der Waals surface area (Å²) in [6.07, 6.45) is 7.99. The molecule has 1 aliphatic heterocycles. The van der Waals surface area contributed by atoms with Crippen molar-refractivity contribution in [3.05, 3.63) is 41.0 Å². The van der Waals surface area contributed by atoms with Crippen LogP contribution in [0.15, 0.2) is 36.1 Å². The van der Waals surface area contributed by atoms with E-state index in [1.54, 1.807) is 29.9 Å². The molecule has 22 heavy (non-hydrogen) atoms. The van der Waals surface area contributed by atoms with Gasteiger partial charge in [0.2, 0.25) is 5.91 Å². The zero-order valence-corrected chi connectivity index (χ0v) is 13.3. The average molecular weight is 316 g/mol. The molecule has 116 valence electrons. The van der Waals surface area contributed by atoms with E-state index in [-0.39, 0.29) is 11.8 Å². The largest absolute Gasteiger partial charge is 0.355 e. The van der Waals surface area contributed by atoms with Gasteiger partial charge in [0.15, 0.2) is 0 Å². The third-order valence-corrected chi connectivity index (χ3v) is 4.85. The minimum atomic E-state index is 0.0408. The number of carbonyl (C=O) groups is 1. The van der Waals surface area contributed by atoms with Gasteiger partial charge in [-0.1, -0.05) is 6.07 Å². The van der Waals surface area contributed by atoms with E-state index >= 15 is 0 Å². The topological polar surface area (TPSA) is 58.1 Å². The summed E-state index contributed by atoms with van der Waals surface area (Å²) in [7, 11) is 0. The fourth-order valence-corrected chi connectivity index (χ4v) is 3.47. The van der Waals surface area contributed by atoms with E-state index in [0.29, 0.717) is 6.54 Å². The second kappa shape index (κ2) is 7.35. The summed E-state index contributed by atoms with van der Waals surface area (Å²) in [6, 6.07) is 4.15. The van der Waals surface area contributed by atoms with Crippen molar-refractivity contribution in [2.75, 3.05) is 24.5 Å². The van der Waals surface area contributed by atoms with E-state index in [0.717, 1.165) is 38.2 Å². The lowest BCUT2D eigenvalue weighted by atomic mass is 9.97. The average Bonchev–Trinajstić information content (AvgIpc) is 3.09. The second-order valence-electron chi connectivity index (χ2n) is 5.47. The number of nitrogens with one attached hydrogen (secondary N) is 1. The van der Waals surface area contributed by atoms with Crippen LogP contribution < -0.4 is 10.2 Å². The highest BCUT2D eigenvalue weighted by atomic mass is 32.1. The standard InChI is InChI=1S/C16H20N4OS/c21-16(19-6-5-14-4-2-10-22-14)13-3-1-9-20(12-13)15-11-17-7-8-18-15/h2,4,7-8,10-11,13H,1,3,5-6,9,12H2,(H,19,21)/t13-/m0/s1. The summed E-state index contributed by atoms with van der Waals surface area (Å²) in [4.78, 5) is 24.2. The van der Waals surface area contributed by atoms with Crippen molar-refractivity contribution in [2.24, 2.45) is 5.92 Å². The molecule has 3 rings (SSSR count). The Morgan fingerprint density at radius 2 is 2.41 bits per heavy atom. The van der Waals surface area contributed by atoms with Gasteiger partial charge in [-0.15, -0.1) is 11.3 Å². The van der Waals surface area contributed by atoms with E-state index in [4.69, 9.17) is 0 Å². The molecule has 3 heterocycles. The van der Waals surface area contributed by atoms with Crippen LogP contribution in [0.25, 0.3) is 0 Å². The van der Waals surface area contributed by atoms with Crippen molar-refractivity contribution in [1.82, 2.24) is 15.3 Å². The van der Waals surface area contributed by atoms with Crippen LogP contribution in [0.4, 0.5) is 5.82 Å².